The summed E-state index contributed by atoms with van der Waals surface area (Å²) in [5, 5.41) is 40.8. The van der Waals surface area contributed by atoms with Crippen molar-refractivity contribution in [2.24, 2.45) is 0 Å². The quantitative estimate of drug-likeness (QED) is 0.354. The average molecular weight is 520 g/mol. The highest BCUT2D eigenvalue weighted by atomic mass is 16.7. The first-order valence-corrected chi connectivity index (χ1v) is 11.2. The van der Waals surface area contributed by atoms with E-state index in [1.807, 2.05) is 0 Å². The van der Waals surface area contributed by atoms with Gasteiger partial charge in [0.05, 0.1) is 34.5 Å². The summed E-state index contributed by atoms with van der Waals surface area (Å²) in [4.78, 5) is 13.4. The van der Waals surface area contributed by atoms with Gasteiger partial charge in [-0.2, -0.15) is 0 Å². The lowest BCUT2D eigenvalue weighted by Crippen LogP contribution is -2.58. The summed E-state index contributed by atoms with van der Waals surface area (Å²) in [6.07, 6.45) is -6.87. The molecule has 4 N–H and O–H groups in total. The Bertz CT molecular complexity index is 1320. The zero-order chi connectivity index (χ0) is 27.0. The van der Waals surface area contributed by atoms with E-state index in [1.54, 1.807) is 0 Å². The molecule has 0 unspecified atom stereocenters. The molecule has 4 rings (SSSR count). The molecule has 2 aromatic carbocycles. The Kier molecular flexibility index (Phi) is 7.37. The van der Waals surface area contributed by atoms with Crippen molar-refractivity contribution in [1.82, 2.24) is 0 Å². The van der Waals surface area contributed by atoms with Crippen LogP contribution in [-0.2, 0) is 4.74 Å². The number of aliphatic hydroxyl groups is 3. The summed E-state index contributed by atoms with van der Waals surface area (Å²) >= 11 is 0. The number of phenols is 1. The monoisotopic (exact) mass is 520 g/mol. The number of methoxy groups -OCH3 is 4. The van der Waals surface area contributed by atoms with Crippen LogP contribution < -0.4 is 29.1 Å². The van der Waals surface area contributed by atoms with Gasteiger partial charge in [0.2, 0.25) is 17.8 Å². The molecule has 1 saturated heterocycles. The molecule has 0 amide bonds. The number of benzene rings is 2. The van der Waals surface area contributed by atoms with Crippen molar-refractivity contribution < 1.29 is 53.3 Å². The number of ether oxygens (including phenoxy) is 6. The molecule has 5 atom stereocenters. The zero-order valence-electron chi connectivity index (χ0n) is 20.8. The molecule has 0 saturated carbocycles. The number of phenolic OH excluding ortho intramolecular Hbond substituents is 1. The smallest absolute Gasteiger partial charge is 0.229 e. The van der Waals surface area contributed by atoms with Crippen LogP contribution in [0.5, 0.6) is 34.5 Å². The van der Waals surface area contributed by atoms with Crippen molar-refractivity contribution in [1.29, 1.82) is 0 Å². The van der Waals surface area contributed by atoms with Crippen LogP contribution in [-0.4, -0.2) is 79.6 Å². The second kappa shape index (κ2) is 10.3. The highest BCUT2D eigenvalue weighted by Crippen LogP contribution is 2.45. The first-order chi connectivity index (χ1) is 17.6. The molecular weight excluding hydrogens is 492 g/mol. The second-order valence-electron chi connectivity index (χ2n) is 8.32. The molecule has 3 aromatic rings. The minimum absolute atomic E-state index is 0.0205. The predicted molar refractivity (Wildman–Crippen MR) is 129 cm³/mol. The second-order valence-corrected chi connectivity index (χ2v) is 8.32. The minimum atomic E-state index is -1.64. The fourth-order valence-electron chi connectivity index (χ4n) is 4.11. The van der Waals surface area contributed by atoms with Gasteiger partial charge in [0.25, 0.3) is 0 Å². The Morgan fingerprint density at radius 3 is 1.97 bits per heavy atom. The minimum Gasteiger partial charge on any atom is -0.502 e. The Balaban J connectivity index is 1.90. The summed E-state index contributed by atoms with van der Waals surface area (Å²) < 4.78 is 38.6. The number of hydrogen-bond acceptors (Lipinski definition) is 12. The average Bonchev–Trinajstić information content (AvgIpc) is 2.89. The van der Waals surface area contributed by atoms with Crippen molar-refractivity contribution in [3.63, 3.8) is 0 Å². The molecule has 0 radical (unpaired) electrons. The van der Waals surface area contributed by atoms with Gasteiger partial charge >= 0.3 is 0 Å². The summed E-state index contributed by atoms with van der Waals surface area (Å²) in [5.41, 5.74) is -0.128. The Labute approximate surface area is 211 Å². The van der Waals surface area contributed by atoms with Gasteiger partial charge in [-0.15, -0.1) is 0 Å². The number of rotatable bonds is 7. The predicted octanol–water partition coefficient (Wildman–Crippen LogP) is 1.41. The van der Waals surface area contributed by atoms with Gasteiger partial charge in [-0.25, -0.2) is 0 Å². The highest BCUT2D eigenvalue weighted by Gasteiger charge is 2.44. The van der Waals surface area contributed by atoms with Crippen LogP contribution in [0.2, 0.25) is 0 Å². The van der Waals surface area contributed by atoms with E-state index in [9.17, 15) is 25.2 Å². The van der Waals surface area contributed by atoms with Crippen LogP contribution in [0, 0.1) is 0 Å². The summed E-state index contributed by atoms with van der Waals surface area (Å²) in [7, 11) is 5.45. The van der Waals surface area contributed by atoms with Gasteiger partial charge < -0.3 is 53.3 Å². The van der Waals surface area contributed by atoms with E-state index < -0.39 is 36.1 Å². The molecule has 1 aromatic heterocycles. The van der Waals surface area contributed by atoms with E-state index in [1.165, 1.54) is 59.6 Å². The number of fused-ring (bicyclic) bond motifs is 1. The van der Waals surface area contributed by atoms with Gasteiger partial charge in [-0.05, 0) is 19.1 Å². The van der Waals surface area contributed by atoms with Crippen LogP contribution in [0.3, 0.4) is 0 Å². The van der Waals surface area contributed by atoms with Gasteiger partial charge in [-0.3, -0.25) is 4.79 Å². The Morgan fingerprint density at radius 2 is 1.41 bits per heavy atom. The van der Waals surface area contributed by atoms with E-state index in [0.717, 1.165) is 0 Å². The molecule has 0 aliphatic carbocycles. The Hall–Kier alpha value is -3.71. The summed E-state index contributed by atoms with van der Waals surface area (Å²) in [6.45, 7) is 1.50. The molecule has 1 aliphatic heterocycles. The molecule has 0 bridgehead atoms. The SMILES string of the molecule is COc1cc(-c2cc(=O)c3c(O[C@@H]4O[C@@H](C)[C@H](O)[C@@H](O)[C@@H]4O)c(OC)c(OC)cc3o2)cc(OC)c1O. The third-order valence-electron chi connectivity index (χ3n) is 6.12. The number of aliphatic hydroxyl groups excluding tert-OH is 3. The third-order valence-corrected chi connectivity index (χ3v) is 6.12. The standard InChI is InChI=1S/C25H28O12/c1-10-19(27)21(29)22(30)25(35-10)37-24-18-12(26)8-13(36-14(18)9-17(33-4)23(24)34-5)11-6-15(31-2)20(28)16(7-11)32-3/h6-10,19,21-22,25,27-30H,1-5H3/t10-,19-,21+,22-,25-/m0/s1. The molecule has 2 heterocycles. The molecule has 1 fully saturated rings. The maximum Gasteiger partial charge on any atom is 0.229 e. The maximum atomic E-state index is 13.4. The first kappa shape index (κ1) is 26.4. The zero-order valence-corrected chi connectivity index (χ0v) is 20.8. The molecule has 37 heavy (non-hydrogen) atoms. The van der Waals surface area contributed by atoms with Crippen LogP contribution >= 0.6 is 0 Å². The normalized spacial score (nSPS) is 23.5. The van der Waals surface area contributed by atoms with E-state index >= 15 is 0 Å². The molecule has 0 spiro atoms. The molecule has 1 aliphatic rings. The lowest BCUT2D eigenvalue weighted by atomic mass is 10.00. The van der Waals surface area contributed by atoms with Gasteiger partial charge in [-0.1, -0.05) is 0 Å². The molecule has 200 valence electrons. The van der Waals surface area contributed by atoms with Crippen LogP contribution in [0.4, 0.5) is 0 Å². The fourth-order valence-corrected chi connectivity index (χ4v) is 4.11. The van der Waals surface area contributed by atoms with E-state index in [0.29, 0.717) is 5.56 Å². The van der Waals surface area contributed by atoms with Crippen LogP contribution in [0.1, 0.15) is 6.92 Å². The van der Waals surface area contributed by atoms with E-state index in [-0.39, 0.29) is 51.2 Å². The van der Waals surface area contributed by atoms with E-state index in [4.69, 9.17) is 32.8 Å². The fraction of sp³-hybridized carbons (Fsp3) is 0.400. The Morgan fingerprint density at radius 1 is 0.784 bits per heavy atom. The maximum absolute atomic E-state index is 13.4. The lowest BCUT2D eigenvalue weighted by Gasteiger charge is -2.39. The molecule has 12 heteroatoms. The summed E-state index contributed by atoms with van der Waals surface area (Å²) in [5.74, 6) is 0.119. The van der Waals surface area contributed by atoms with Crippen molar-refractivity contribution in [3.05, 3.63) is 34.5 Å². The van der Waals surface area contributed by atoms with Crippen molar-refractivity contribution in [3.8, 4) is 45.8 Å². The van der Waals surface area contributed by atoms with Crippen molar-refractivity contribution in [2.45, 2.75) is 37.6 Å². The van der Waals surface area contributed by atoms with Gasteiger partial charge in [0, 0.05) is 17.7 Å². The third kappa shape index (κ3) is 4.60. The van der Waals surface area contributed by atoms with Crippen LogP contribution in [0.15, 0.2) is 33.5 Å². The van der Waals surface area contributed by atoms with Crippen molar-refractivity contribution in [2.75, 3.05) is 28.4 Å². The van der Waals surface area contributed by atoms with E-state index in [2.05, 4.69) is 0 Å². The lowest BCUT2D eigenvalue weighted by molar-refractivity contribution is -0.268. The largest absolute Gasteiger partial charge is 0.502 e. The van der Waals surface area contributed by atoms with Gasteiger partial charge in [0.15, 0.2) is 28.4 Å². The number of aromatic hydroxyl groups is 1. The van der Waals surface area contributed by atoms with Gasteiger partial charge in [0.1, 0.15) is 35.0 Å². The highest BCUT2D eigenvalue weighted by molar-refractivity contribution is 5.90. The van der Waals surface area contributed by atoms with Crippen molar-refractivity contribution >= 4 is 11.0 Å². The topological polar surface area (TPSA) is 167 Å². The number of hydrogen-bond donors (Lipinski definition) is 4. The molecule has 12 nitrogen and oxygen atoms in total. The first-order valence-electron chi connectivity index (χ1n) is 11.2. The molecular formula is C25H28O12. The summed E-state index contributed by atoms with van der Waals surface area (Å²) in [6, 6.07) is 5.58. The van der Waals surface area contributed by atoms with Crippen LogP contribution in [0.25, 0.3) is 22.3 Å².